The van der Waals surface area contributed by atoms with Crippen LogP contribution in [0.4, 0.5) is 0 Å². The molecule has 29 heavy (non-hydrogen) atoms. The minimum absolute atomic E-state index is 0.0921. The van der Waals surface area contributed by atoms with E-state index in [9.17, 15) is 18.3 Å². The second-order valence-electron chi connectivity index (χ2n) is 7.89. The Morgan fingerprint density at radius 3 is 2.24 bits per heavy atom. The minimum atomic E-state index is -3.91. The number of rotatable bonds is 9. The zero-order valence-electron chi connectivity index (χ0n) is 16.6. The fraction of sp³-hybridized carbons (Fsp3) is 0.435. The number of aliphatic carboxylic acids is 1. The van der Waals surface area contributed by atoms with Crippen LogP contribution in [-0.2, 0) is 27.7 Å². The van der Waals surface area contributed by atoms with Crippen molar-refractivity contribution in [1.82, 2.24) is 4.72 Å². The van der Waals surface area contributed by atoms with Crippen LogP contribution in [-0.4, -0.2) is 25.5 Å². The molecule has 2 aromatic rings. The molecule has 1 atom stereocenters. The van der Waals surface area contributed by atoms with E-state index in [2.05, 4.69) is 4.72 Å². The second-order valence-corrected chi connectivity index (χ2v) is 9.60. The molecule has 1 aliphatic carbocycles. The van der Waals surface area contributed by atoms with Crippen molar-refractivity contribution >= 4 is 16.0 Å². The summed E-state index contributed by atoms with van der Waals surface area (Å²) in [6.45, 7) is 0. The average molecular weight is 416 g/mol. The van der Waals surface area contributed by atoms with Crippen LogP contribution in [0.1, 0.15) is 49.7 Å². The van der Waals surface area contributed by atoms with Crippen LogP contribution >= 0.6 is 0 Å². The lowest BCUT2D eigenvalue weighted by Crippen LogP contribution is -2.42. The summed E-state index contributed by atoms with van der Waals surface area (Å²) in [7, 11) is -3.91. The molecule has 156 valence electrons. The van der Waals surface area contributed by atoms with Crippen molar-refractivity contribution < 1.29 is 18.3 Å². The van der Waals surface area contributed by atoms with Crippen LogP contribution in [0, 0.1) is 5.92 Å². The monoisotopic (exact) mass is 415 g/mol. The molecule has 5 nitrogen and oxygen atoms in total. The number of hydrogen-bond donors (Lipinski definition) is 2. The molecule has 2 N–H and O–H groups in total. The van der Waals surface area contributed by atoms with Crippen LogP contribution in [0.5, 0.6) is 0 Å². The lowest BCUT2D eigenvalue weighted by Gasteiger charge is -2.21. The van der Waals surface area contributed by atoms with Gasteiger partial charge in [-0.2, -0.15) is 4.72 Å². The smallest absolute Gasteiger partial charge is 0.322 e. The fourth-order valence-corrected chi connectivity index (χ4v) is 5.16. The van der Waals surface area contributed by atoms with Gasteiger partial charge in [0, 0.05) is 0 Å². The van der Waals surface area contributed by atoms with Crippen LogP contribution in [0.25, 0.3) is 0 Å². The van der Waals surface area contributed by atoms with E-state index in [1.165, 1.54) is 32.1 Å². The number of hydrogen-bond acceptors (Lipinski definition) is 3. The lowest BCUT2D eigenvalue weighted by atomic mass is 9.85. The number of nitrogens with one attached hydrogen (secondary N) is 1. The molecule has 2 aromatic carbocycles. The maximum absolute atomic E-state index is 12.7. The molecule has 1 saturated carbocycles. The summed E-state index contributed by atoms with van der Waals surface area (Å²) in [6, 6.07) is 14.6. The number of carbonyl (C=O) groups is 1. The highest BCUT2D eigenvalue weighted by atomic mass is 32.2. The number of aryl methyl sites for hydroxylation is 1. The van der Waals surface area contributed by atoms with Gasteiger partial charge in [0.1, 0.15) is 6.04 Å². The molecule has 1 fully saturated rings. The lowest BCUT2D eigenvalue weighted by molar-refractivity contribution is -0.138. The second kappa shape index (κ2) is 10.0. The molecular weight excluding hydrogens is 386 g/mol. The van der Waals surface area contributed by atoms with Crippen molar-refractivity contribution in [3.8, 4) is 0 Å². The first kappa shape index (κ1) is 21.5. The zero-order chi connectivity index (χ0) is 20.7. The Morgan fingerprint density at radius 1 is 0.966 bits per heavy atom. The summed E-state index contributed by atoms with van der Waals surface area (Å²) in [6.07, 6.45) is 8.77. The predicted octanol–water partition coefficient (Wildman–Crippen LogP) is 4.17. The van der Waals surface area contributed by atoms with Crippen molar-refractivity contribution in [2.45, 2.75) is 62.3 Å². The third kappa shape index (κ3) is 6.41. The van der Waals surface area contributed by atoms with Crippen molar-refractivity contribution in [2.24, 2.45) is 5.92 Å². The zero-order valence-corrected chi connectivity index (χ0v) is 17.4. The van der Waals surface area contributed by atoms with Crippen molar-refractivity contribution in [2.75, 3.05) is 0 Å². The number of sulfonamides is 1. The summed E-state index contributed by atoms with van der Waals surface area (Å²) in [4.78, 5) is 11.7. The van der Waals surface area contributed by atoms with E-state index >= 15 is 0 Å². The normalized spacial score (nSPS) is 16.4. The van der Waals surface area contributed by atoms with Gasteiger partial charge in [-0.25, -0.2) is 8.42 Å². The van der Waals surface area contributed by atoms with Gasteiger partial charge in [0.15, 0.2) is 0 Å². The van der Waals surface area contributed by atoms with Gasteiger partial charge < -0.3 is 5.11 Å². The molecule has 3 rings (SSSR count). The molecule has 0 saturated heterocycles. The molecular formula is C23H29NO4S. The first-order valence-electron chi connectivity index (χ1n) is 10.3. The van der Waals surface area contributed by atoms with Crippen LogP contribution in [0.15, 0.2) is 59.5 Å². The third-order valence-electron chi connectivity index (χ3n) is 5.68. The summed E-state index contributed by atoms with van der Waals surface area (Å²) < 4.78 is 27.7. The van der Waals surface area contributed by atoms with Gasteiger partial charge in [-0.1, -0.05) is 74.6 Å². The average Bonchev–Trinajstić information content (AvgIpc) is 2.73. The summed E-state index contributed by atoms with van der Waals surface area (Å²) in [5.41, 5.74) is 1.88. The number of benzene rings is 2. The molecule has 0 spiro atoms. The van der Waals surface area contributed by atoms with Gasteiger partial charge in [-0.05, 0) is 48.4 Å². The van der Waals surface area contributed by atoms with E-state index in [4.69, 9.17) is 0 Å². The first-order valence-corrected chi connectivity index (χ1v) is 11.8. The van der Waals surface area contributed by atoms with Gasteiger partial charge in [-0.3, -0.25) is 4.79 Å². The van der Waals surface area contributed by atoms with Crippen molar-refractivity contribution in [3.63, 3.8) is 0 Å². The Kier molecular flexibility index (Phi) is 7.45. The highest BCUT2D eigenvalue weighted by Gasteiger charge is 2.25. The van der Waals surface area contributed by atoms with Crippen molar-refractivity contribution in [1.29, 1.82) is 0 Å². The summed E-state index contributed by atoms with van der Waals surface area (Å²) in [5, 5.41) is 9.46. The molecule has 0 aromatic heterocycles. The van der Waals surface area contributed by atoms with E-state index in [1.807, 2.05) is 18.2 Å². The molecule has 0 aliphatic heterocycles. The Morgan fingerprint density at radius 2 is 1.62 bits per heavy atom. The summed E-state index contributed by atoms with van der Waals surface area (Å²) in [5.74, 6) is -0.412. The molecule has 0 radical (unpaired) electrons. The van der Waals surface area contributed by atoms with Gasteiger partial charge >= 0.3 is 5.97 Å². The number of carboxylic acids is 1. The van der Waals surface area contributed by atoms with Crippen LogP contribution in [0.2, 0.25) is 0 Å². The van der Waals surface area contributed by atoms with E-state index in [0.717, 1.165) is 29.9 Å². The van der Waals surface area contributed by atoms with Gasteiger partial charge in [0.2, 0.25) is 10.0 Å². The molecule has 6 heteroatoms. The first-order chi connectivity index (χ1) is 13.9. The van der Waals surface area contributed by atoms with Gasteiger partial charge in [-0.15, -0.1) is 0 Å². The standard InChI is InChI=1S/C23H29NO4S/c25-23(26)22(17-20-9-5-2-6-10-20)24-29(27,28)21-15-13-19(14-16-21)12-11-18-7-3-1-4-8-18/h2,5-6,9-10,13-16,18,22,24H,1,3-4,7-8,11-12,17H2,(H,25,26)/t22-/m0/s1. The van der Waals surface area contributed by atoms with Gasteiger partial charge in [0.25, 0.3) is 0 Å². The topological polar surface area (TPSA) is 83.5 Å². The van der Waals surface area contributed by atoms with E-state index < -0.39 is 22.0 Å². The minimum Gasteiger partial charge on any atom is -0.480 e. The highest BCUT2D eigenvalue weighted by molar-refractivity contribution is 7.89. The van der Waals surface area contributed by atoms with E-state index in [-0.39, 0.29) is 11.3 Å². The number of carboxylic acid groups (broad SMARTS) is 1. The van der Waals surface area contributed by atoms with E-state index in [0.29, 0.717) is 0 Å². The van der Waals surface area contributed by atoms with Crippen LogP contribution in [0.3, 0.4) is 0 Å². The molecule has 1 aliphatic rings. The molecule has 0 heterocycles. The van der Waals surface area contributed by atoms with Crippen molar-refractivity contribution in [3.05, 3.63) is 65.7 Å². The third-order valence-corrected chi connectivity index (χ3v) is 7.17. The predicted molar refractivity (Wildman–Crippen MR) is 113 cm³/mol. The maximum Gasteiger partial charge on any atom is 0.322 e. The van der Waals surface area contributed by atoms with E-state index in [1.54, 1.807) is 36.4 Å². The SMILES string of the molecule is O=C(O)[C@H](Cc1ccccc1)NS(=O)(=O)c1ccc(CCC2CCCCC2)cc1. The van der Waals surface area contributed by atoms with Gasteiger partial charge in [0.05, 0.1) is 4.90 Å². The maximum atomic E-state index is 12.7. The Bertz CT molecular complexity index is 888. The summed E-state index contributed by atoms with van der Waals surface area (Å²) >= 11 is 0. The molecule has 0 amide bonds. The molecule has 0 bridgehead atoms. The Balaban J connectivity index is 1.62. The Labute approximate surface area is 173 Å². The quantitative estimate of drug-likeness (QED) is 0.644. The van der Waals surface area contributed by atoms with Crippen LogP contribution < -0.4 is 4.72 Å². The Hall–Kier alpha value is -2.18. The highest BCUT2D eigenvalue weighted by Crippen LogP contribution is 2.27. The fourth-order valence-electron chi connectivity index (χ4n) is 3.97. The largest absolute Gasteiger partial charge is 0.480 e. The molecule has 0 unspecified atom stereocenters.